The summed E-state index contributed by atoms with van der Waals surface area (Å²) in [7, 11) is 0.653. The number of hydrogen-bond acceptors (Lipinski definition) is 1. The van der Waals surface area contributed by atoms with Gasteiger partial charge in [0.05, 0.1) is 0 Å². The zero-order valence-corrected chi connectivity index (χ0v) is 11.6. The van der Waals surface area contributed by atoms with Gasteiger partial charge in [-0.1, -0.05) is 75.3 Å². The van der Waals surface area contributed by atoms with Crippen molar-refractivity contribution in [3.63, 3.8) is 0 Å². The monoisotopic (exact) mass is 265 g/mol. The number of benzene rings is 3. The van der Waals surface area contributed by atoms with E-state index < -0.39 is 0 Å². The molecule has 3 rings (SSSR count). The molecular weight excluding hydrogens is 249 g/mol. The molecule has 0 radical (unpaired) electrons. The lowest BCUT2D eigenvalue weighted by Crippen LogP contribution is -2.05. The van der Waals surface area contributed by atoms with Crippen molar-refractivity contribution in [2.24, 2.45) is 5.73 Å². The molecule has 94 valence electrons. The van der Waals surface area contributed by atoms with Gasteiger partial charge in [-0.15, -0.1) is 0 Å². The average molecular weight is 265 g/mol. The Kier molecular flexibility index (Phi) is 3.59. The fourth-order valence-corrected chi connectivity index (χ4v) is 3.32. The third-order valence-corrected chi connectivity index (χ3v) is 4.29. The Bertz CT molecular complexity index is 692. The number of rotatable bonds is 3. The molecule has 0 aliphatic carbocycles. The topological polar surface area (TPSA) is 26.0 Å². The number of fused-ring (bicyclic) bond motifs is 1. The summed E-state index contributed by atoms with van der Waals surface area (Å²) in [5.74, 6) is 0. The minimum absolute atomic E-state index is 0.653. The van der Waals surface area contributed by atoms with E-state index in [1.54, 1.807) is 0 Å². The van der Waals surface area contributed by atoms with Crippen LogP contribution in [0.4, 0.5) is 0 Å². The van der Waals surface area contributed by atoms with Crippen LogP contribution in [-0.4, -0.2) is 6.29 Å². The van der Waals surface area contributed by atoms with Crippen molar-refractivity contribution in [3.8, 4) is 11.1 Å². The molecule has 2 N–H and O–H groups in total. The Morgan fingerprint density at radius 1 is 0.789 bits per heavy atom. The fraction of sp³-hybridized carbons (Fsp3) is 0.0588. The van der Waals surface area contributed by atoms with Gasteiger partial charge in [0, 0.05) is 6.29 Å². The summed E-state index contributed by atoms with van der Waals surface area (Å²) in [6.07, 6.45) is 0.707. The molecule has 0 aromatic heterocycles. The second-order valence-electron chi connectivity index (χ2n) is 4.46. The molecule has 0 aliphatic rings. The minimum Gasteiger partial charge on any atom is -0.327 e. The average Bonchev–Trinajstić information content (AvgIpc) is 2.48. The third-order valence-electron chi connectivity index (χ3n) is 3.28. The molecule has 0 bridgehead atoms. The van der Waals surface area contributed by atoms with Gasteiger partial charge in [0.2, 0.25) is 0 Å². The van der Waals surface area contributed by atoms with Crippen molar-refractivity contribution in [1.82, 2.24) is 0 Å². The van der Waals surface area contributed by atoms with Crippen molar-refractivity contribution in [3.05, 3.63) is 66.7 Å². The molecule has 0 saturated carbocycles. The van der Waals surface area contributed by atoms with Crippen LogP contribution in [0.3, 0.4) is 0 Å². The summed E-state index contributed by atoms with van der Waals surface area (Å²) >= 11 is 0. The van der Waals surface area contributed by atoms with E-state index in [0.717, 1.165) is 0 Å². The molecule has 0 amide bonds. The molecule has 0 heterocycles. The maximum Gasteiger partial charge on any atom is 0.0141 e. The lowest BCUT2D eigenvalue weighted by molar-refractivity contribution is 1.40. The summed E-state index contributed by atoms with van der Waals surface area (Å²) in [4.78, 5) is 0. The molecule has 2 heteroatoms. The Balaban J connectivity index is 2.32. The Morgan fingerprint density at radius 3 is 2.32 bits per heavy atom. The van der Waals surface area contributed by atoms with Crippen molar-refractivity contribution in [2.75, 3.05) is 6.29 Å². The Labute approximate surface area is 115 Å². The van der Waals surface area contributed by atoms with Crippen LogP contribution >= 0.6 is 8.58 Å². The van der Waals surface area contributed by atoms with Gasteiger partial charge >= 0.3 is 0 Å². The second kappa shape index (κ2) is 5.52. The molecule has 0 spiro atoms. The standard InChI is InChI=1S/C17H16NP/c18-12-19-16-11-10-13-6-4-5-9-15(13)17(16)14-7-2-1-3-8-14/h1-11,19H,12,18H2. The van der Waals surface area contributed by atoms with Crippen LogP contribution in [0.25, 0.3) is 21.9 Å². The van der Waals surface area contributed by atoms with E-state index in [2.05, 4.69) is 66.7 Å². The predicted octanol–water partition coefficient (Wildman–Crippen LogP) is 3.73. The predicted molar refractivity (Wildman–Crippen MR) is 86.4 cm³/mol. The summed E-state index contributed by atoms with van der Waals surface area (Å²) in [5, 5.41) is 3.95. The van der Waals surface area contributed by atoms with E-state index in [1.165, 1.54) is 27.2 Å². The van der Waals surface area contributed by atoms with Gasteiger partial charge in [0.1, 0.15) is 0 Å². The first-order valence-electron chi connectivity index (χ1n) is 6.41. The first-order chi connectivity index (χ1) is 9.40. The molecule has 19 heavy (non-hydrogen) atoms. The van der Waals surface area contributed by atoms with Crippen LogP contribution in [0.1, 0.15) is 0 Å². The van der Waals surface area contributed by atoms with E-state index in [-0.39, 0.29) is 0 Å². The molecule has 0 aliphatic heterocycles. The summed E-state index contributed by atoms with van der Waals surface area (Å²) in [5.41, 5.74) is 8.37. The first kappa shape index (κ1) is 12.3. The van der Waals surface area contributed by atoms with E-state index in [9.17, 15) is 0 Å². The number of nitrogens with two attached hydrogens (primary N) is 1. The first-order valence-corrected chi connectivity index (χ1v) is 7.62. The molecule has 1 unspecified atom stereocenters. The quantitative estimate of drug-likeness (QED) is 0.717. The molecule has 1 atom stereocenters. The third kappa shape index (κ3) is 2.40. The van der Waals surface area contributed by atoms with Gasteiger partial charge in [-0.2, -0.15) is 0 Å². The van der Waals surface area contributed by atoms with Crippen molar-refractivity contribution < 1.29 is 0 Å². The van der Waals surface area contributed by atoms with Crippen LogP contribution in [-0.2, 0) is 0 Å². The van der Waals surface area contributed by atoms with E-state index >= 15 is 0 Å². The highest BCUT2D eigenvalue weighted by Crippen LogP contribution is 2.30. The van der Waals surface area contributed by atoms with Crippen LogP contribution in [0.15, 0.2) is 66.7 Å². The highest BCUT2D eigenvalue weighted by Gasteiger charge is 2.08. The molecular formula is C17H16NP. The molecule has 0 saturated heterocycles. The summed E-state index contributed by atoms with van der Waals surface area (Å²) in [6.45, 7) is 0. The van der Waals surface area contributed by atoms with Crippen molar-refractivity contribution in [2.45, 2.75) is 0 Å². The lowest BCUT2D eigenvalue weighted by Gasteiger charge is -2.13. The maximum atomic E-state index is 5.76. The van der Waals surface area contributed by atoms with Gasteiger partial charge < -0.3 is 5.73 Å². The van der Waals surface area contributed by atoms with Crippen LogP contribution in [0, 0.1) is 0 Å². The minimum atomic E-state index is 0.653. The molecule has 3 aromatic rings. The normalized spacial score (nSPS) is 11.4. The van der Waals surface area contributed by atoms with Crippen LogP contribution in [0.2, 0.25) is 0 Å². The highest BCUT2D eigenvalue weighted by molar-refractivity contribution is 7.47. The fourth-order valence-electron chi connectivity index (χ4n) is 2.44. The van der Waals surface area contributed by atoms with E-state index in [0.29, 0.717) is 14.9 Å². The van der Waals surface area contributed by atoms with Gasteiger partial charge in [-0.3, -0.25) is 0 Å². The summed E-state index contributed by atoms with van der Waals surface area (Å²) < 4.78 is 0. The smallest absolute Gasteiger partial charge is 0.0141 e. The van der Waals surface area contributed by atoms with Gasteiger partial charge in [-0.05, 0) is 27.2 Å². The largest absolute Gasteiger partial charge is 0.327 e. The van der Waals surface area contributed by atoms with Gasteiger partial charge in [0.15, 0.2) is 0 Å². The summed E-state index contributed by atoms with van der Waals surface area (Å²) in [6, 6.07) is 23.5. The Hall–Kier alpha value is -1.69. The molecule has 3 aromatic carbocycles. The van der Waals surface area contributed by atoms with Crippen molar-refractivity contribution >= 4 is 24.7 Å². The molecule has 1 nitrogen and oxygen atoms in total. The van der Waals surface area contributed by atoms with Crippen molar-refractivity contribution in [1.29, 1.82) is 0 Å². The van der Waals surface area contributed by atoms with Crippen LogP contribution in [0.5, 0.6) is 0 Å². The zero-order valence-electron chi connectivity index (χ0n) is 10.6. The SMILES string of the molecule is NCPc1ccc2ccccc2c1-c1ccccc1. The zero-order chi connectivity index (χ0) is 13.1. The maximum absolute atomic E-state index is 5.76. The van der Waals surface area contributed by atoms with Crippen LogP contribution < -0.4 is 11.0 Å². The van der Waals surface area contributed by atoms with E-state index in [1.807, 2.05) is 0 Å². The number of hydrogen-bond donors (Lipinski definition) is 1. The molecule has 0 fully saturated rings. The lowest BCUT2D eigenvalue weighted by atomic mass is 9.98. The van der Waals surface area contributed by atoms with E-state index in [4.69, 9.17) is 5.73 Å². The van der Waals surface area contributed by atoms with Gasteiger partial charge in [0.25, 0.3) is 0 Å². The second-order valence-corrected chi connectivity index (χ2v) is 5.76. The Morgan fingerprint density at radius 2 is 1.53 bits per heavy atom. The van der Waals surface area contributed by atoms with Gasteiger partial charge in [-0.25, -0.2) is 0 Å². The highest BCUT2D eigenvalue weighted by atomic mass is 31.1.